The van der Waals surface area contributed by atoms with Crippen LogP contribution in [0.1, 0.15) is 51.4 Å². The molecule has 3 aromatic carbocycles. The van der Waals surface area contributed by atoms with E-state index in [2.05, 4.69) is 14.4 Å². The number of imidazole rings is 1. The second kappa shape index (κ2) is 15.4. The number of benzene rings is 3. The van der Waals surface area contributed by atoms with E-state index in [4.69, 9.17) is 32.6 Å². The molecule has 0 N–H and O–H groups in total. The third kappa shape index (κ3) is 8.70. The zero-order chi connectivity index (χ0) is 37.2. The van der Waals surface area contributed by atoms with Gasteiger partial charge in [-0.05, 0) is 80.0 Å². The molecule has 1 saturated heterocycles. The molecule has 1 amide bonds. The van der Waals surface area contributed by atoms with Crippen LogP contribution in [-0.2, 0) is 18.9 Å². The lowest BCUT2D eigenvalue weighted by atomic mass is 9.94. The molecule has 1 unspecified atom stereocenters. The summed E-state index contributed by atoms with van der Waals surface area (Å²) in [5, 5.41) is 0.609. The van der Waals surface area contributed by atoms with Crippen molar-refractivity contribution in [3.63, 3.8) is 0 Å². The number of likely N-dealkylation sites (N-methyl/N-ethyl adjacent to an activating group) is 1. The number of para-hydroxylation sites is 2. The first-order valence-electron chi connectivity index (χ1n) is 16.6. The molecule has 1 atom stereocenters. The van der Waals surface area contributed by atoms with Crippen LogP contribution in [0.5, 0.6) is 0 Å². The van der Waals surface area contributed by atoms with Gasteiger partial charge in [0.1, 0.15) is 0 Å². The van der Waals surface area contributed by atoms with Gasteiger partial charge in [0.15, 0.2) is 0 Å². The van der Waals surface area contributed by atoms with Crippen LogP contribution in [-0.4, -0.2) is 71.6 Å². The molecule has 0 radical (unpaired) electrons. The maximum atomic E-state index is 13.5. The summed E-state index contributed by atoms with van der Waals surface area (Å²) in [6, 6.07) is 15.9. The first-order valence-corrected chi connectivity index (χ1v) is 17.4. The summed E-state index contributed by atoms with van der Waals surface area (Å²) in [5.41, 5.74) is -0.138. The topological polar surface area (TPSA) is 57.8 Å². The second-order valence-corrected chi connectivity index (χ2v) is 13.8. The van der Waals surface area contributed by atoms with Gasteiger partial charge in [-0.3, -0.25) is 4.79 Å². The van der Waals surface area contributed by atoms with Crippen molar-refractivity contribution >= 4 is 46.1 Å². The molecule has 3 heterocycles. The highest BCUT2D eigenvalue weighted by molar-refractivity contribution is 6.42. The van der Waals surface area contributed by atoms with Crippen molar-refractivity contribution < 1.29 is 35.6 Å². The van der Waals surface area contributed by atoms with Crippen molar-refractivity contribution in [1.82, 2.24) is 19.4 Å². The zero-order valence-corrected chi connectivity index (χ0v) is 29.5. The van der Waals surface area contributed by atoms with E-state index < -0.39 is 35.0 Å². The number of rotatable bonds is 10. The highest BCUT2D eigenvalue weighted by Crippen LogP contribution is 2.37. The number of alkyl halides is 6. The van der Waals surface area contributed by atoms with Gasteiger partial charge in [0.05, 0.1) is 51.3 Å². The van der Waals surface area contributed by atoms with Gasteiger partial charge in [-0.25, -0.2) is 4.98 Å². The van der Waals surface area contributed by atoms with Gasteiger partial charge in [-0.15, -0.1) is 0 Å². The second-order valence-electron chi connectivity index (χ2n) is 12.9. The maximum Gasteiger partial charge on any atom is 0.416 e. The van der Waals surface area contributed by atoms with Gasteiger partial charge < -0.3 is 23.7 Å². The van der Waals surface area contributed by atoms with Gasteiger partial charge in [-0.1, -0.05) is 41.4 Å². The van der Waals surface area contributed by atoms with Crippen molar-refractivity contribution in [2.75, 3.05) is 51.2 Å². The predicted octanol–water partition coefficient (Wildman–Crippen LogP) is 9.48. The standard InChI is InChI=1S/C37H35Cl2F6N5O2/c1-47(34(51)27-17-28(36(40,41)42)20-29(18-27)37(43,44)45)22-26(25-7-8-30(38)31(39)19-25)9-13-48-11-4-12-49(15-14-48)35-46-32-5-2-3-6-33(32)50(35)21-24-10-16-52-23-24/h2-3,5-8,10,16-20,23,26H,4,9,11-15,21-22H2,1H3. The van der Waals surface area contributed by atoms with E-state index in [0.717, 1.165) is 52.5 Å². The number of anilines is 1. The minimum atomic E-state index is -5.08. The van der Waals surface area contributed by atoms with E-state index in [-0.39, 0.29) is 23.6 Å². The molecular weight excluding hydrogens is 731 g/mol. The molecule has 1 aliphatic rings. The molecule has 0 bridgehead atoms. The minimum Gasteiger partial charge on any atom is -0.472 e. The van der Waals surface area contributed by atoms with Gasteiger partial charge in [0, 0.05) is 50.3 Å². The Balaban J connectivity index is 1.18. The van der Waals surface area contributed by atoms with Crippen molar-refractivity contribution in [2.45, 2.75) is 37.7 Å². The molecule has 276 valence electrons. The molecule has 7 nitrogen and oxygen atoms in total. The van der Waals surface area contributed by atoms with Crippen molar-refractivity contribution in [3.05, 3.63) is 117 Å². The molecule has 52 heavy (non-hydrogen) atoms. The molecule has 0 saturated carbocycles. The number of halogens is 8. The molecule has 15 heteroatoms. The number of hydrogen-bond acceptors (Lipinski definition) is 5. The monoisotopic (exact) mass is 765 g/mol. The summed E-state index contributed by atoms with van der Waals surface area (Å²) < 4.78 is 88.7. The zero-order valence-electron chi connectivity index (χ0n) is 28.0. The summed E-state index contributed by atoms with van der Waals surface area (Å²) in [7, 11) is 1.36. The van der Waals surface area contributed by atoms with Crippen LogP contribution < -0.4 is 4.90 Å². The quantitative estimate of drug-likeness (QED) is 0.133. The summed E-state index contributed by atoms with van der Waals surface area (Å²) in [5.74, 6) is -0.471. The predicted molar refractivity (Wildman–Crippen MR) is 188 cm³/mol. The molecule has 0 spiro atoms. The Bertz CT molecular complexity index is 1980. The average Bonchev–Trinajstić information content (AvgIpc) is 3.68. The van der Waals surface area contributed by atoms with Gasteiger partial charge >= 0.3 is 12.4 Å². The van der Waals surface area contributed by atoms with Crippen LogP contribution >= 0.6 is 23.2 Å². The Labute approximate surface area is 306 Å². The number of carbonyl (C=O) groups is 1. The highest BCUT2D eigenvalue weighted by atomic mass is 35.5. The van der Waals surface area contributed by atoms with E-state index in [0.29, 0.717) is 49.8 Å². The van der Waals surface area contributed by atoms with Crippen LogP contribution in [0.15, 0.2) is 83.7 Å². The normalized spacial score (nSPS) is 15.2. The SMILES string of the molecule is CN(CC(CCN1CCCN(c2nc3ccccc3n2Cc2ccoc2)CC1)c1ccc(Cl)c(Cl)c1)C(=O)c1cc(C(F)(F)F)cc(C(F)(F)F)c1. The van der Waals surface area contributed by atoms with Gasteiger partial charge in [0.25, 0.3) is 5.91 Å². The Hall–Kier alpha value is -4.20. The molecule has 5 aromatic rings. The summed E-state index contributed by atoms with van der Waals surface area (Å²) in [4.78, 5) is 24.1. The Kier molecular flexibility index (Phi) is 11.1. The molecule has 2 aromatic heterocycles. The fourth-order valence-electron chi connectivity index (χ4n) is 6.60. The molecule has 1 aliphatic heterocycles. The minimum absolute atomic E-state index is 0.00634. The Morgan fingerprint density at radius 2 is 1.63 bits per heavy atom. The lowest BCUT2D eigenvalue weighted by Gasteiger charge is -2.28. The number of hydrogen-bond donors (Lipinski definition) is 0. The lowest BCUT2D eigenvalue weighted by Crippen LogP contribution is -2.35. The van der Waals surface area contributed by atoms with Crippen molar-refractivity contribution in [2.24, 2.45) is 0 Å². The molecule has 1 fully saturated rings. The van der Waals surface area contributed by atoms with Crippen molar-refractivity contribution in [3.8, 4) is 0 Å². The highest BCUT2D eigenvalue weighted by Gasteiger charge is 2.38. The number of aromatic nitrogens is 2. The summed E-state index contributed by atoms with van der Waals surface area (Å²) in [6.45, 7) is 4.17. The van der Waals surface area contributed by atoms with Crippen LogP contribution in [0.4, 0.5) is 32.3 Å². The van der Waals surface area contributed by atoms with Crippen LogP contribution in [0, 0.1) is 0 Å². The number of nitrogens with zero attached hydrogens (tertiary/aromatic N) is 5. The van der Waals surface area contributed by atoms with Crippen LogP contribution in [0.2, 0.25) is 10.0 Å². The number of amides is 1. The van der Waals surface area contributed by atoms with Crippen molar-refractivity contribution in [1.29, 1.82) is 0 Å². The van der Waals surface area contributed by atoms with E-state index in [1.54, 1.807) is 30.7 Å². The third-order valence-corrected chi connectivity index (χ3v) is 10.0. The fourth-order valence-corrected chi connectivity index (χ4v) is 6.91. The Morgan fingerprint density at radius 3 is 2.31 bits per heavy atom. The van der Waals surface area contributed by atoms with Crippen LogP contribution in [0.3, 0.4) is 0 Å². The van der Waals surface area contributed by atoms with Crippen LogP contribution in [0.25, 0.3) is 11.0 Å². The largest absolute Gasteiger partial charge is 0.472 e. The van der Waals surface area contributed by atoms with Gasteiger partial charge in [0.2, 0.25) is 5.95 Å². The third-order valence-electron chi connectivity index (χ3n) is 9.31. The van der Waals surface area contributed by atoms with E-state index in [9.17, 15) is 31.1 Å². The smallest absolute Gasteiger partial charge is 0.416 e. The number of carbonyl (C=O) groups excluding carboxylic acids is 1. The lowest BCUT2D eigenvalue weighted by molar-refractivity contribution is -0.143. The summed E-state index contributed by atoms with van der Waals surface area (Å²) in [6.07, 6.45) is -5.42. The number of fused-ring (bicyclic) bond motifs is 1. The maximum absolute atomic E-state index is 13.5. The van der Waals surface area contributed by atoms with Gasteiger partial charge in [-0.2, -0.15) is 26.3 Å². The first-order chi connectivity index (χ1) is 24.7. The summed E-state index contributed by atoms with van der Waals surface area (Å²) >= 11 is 12.5. The average molecular weight is 767 g/mol. The molecular formula is C37H35Cl2F6N5O2. The first kappa shape index (κ1) is 37.6. The van der Waals surface area contributed by atoms with E-state index in [1.807, 2.05) is 30.3 Å². The fraction of sp³-hybridized carbons (Fsp3) is 0.351. The van der Waals surface area contributed by atoms with E-state index >= 15 is 0 Å². The van der Waals surface area contributed by atoms with E-state index in [1.165, 1.54) is 7.05 Å². The Morgan fingerprint density at radius 1 is 0.904 bits per heavy atom. The molecule has 6 rings (SSSR count). The molecule has 0 aliphatic carbocycles. The number of furan rings is 1.